The predicted molar refractivity (Wildman–Crippen MR) is 91.7 cm³/mol. The summed E-state index contributed by atoms with van der Waals surface area (Å²) in [6.07, 6.45) is 5.33. The van der Waals surface area contributed by atoms with E-state index >= 15 is 0 Å². The zero-order valence-electron chi connectivity index (χ0n) is 14.2. The summed E-state index contributed by atoms with van der Waals surface area (Å²) in [4.78, 5) is 25.1. The number of amides is 2. The van der Waals surface area contributed by atoms with Crippen molar-refractivity contribution in [2.45, 2.75) is 19.3 Å². The molecule has 2 rings (SSSR count). The summed E-state index contributed by atoms with van der Waals surface area (Å²) in [7, 11) is 3.17. The number of rotatable bonds is 6. The Labute approximate surface area is 142 Å². The van der Waals surface area contributed by atoms with Crippen molar-refractivity contribution < 1.29 is 19.1 Å². The molecule has 1 fully saturated rings. The van der Waals surface area contributed by atoms with E-state index in [1.807, 2.05) is 12.1 Å². The Bertz CT molecular complexity index is 619. The van der Waals surface area contributed by atoms with Crippen LogP contribution in [-0.2, 0) is 9.59 Å². The number of hydrogen-bond donors (Lipinski definition) is 1. The molecule has 2 amide bonds. The normalized spacial score (nSPS) is 15.5. The van der Waals surface area contributed by atoms with Crippen LogP contribution in [0.15, 0.2) is 24.3 Å². The lowest BCUT2D eigenvalue weighted by molar-refractivity contribution is -0.127. The molecule has 1 saturated heterocycles. The summed E-state index contributed by atoms with van der Waals surface area (Å²) in [6, 6.07) is 5.45. The largest absolute Gasteiger partial charge is 0.497 e. The highest BCUT2D eigenvalue weighted by Crippen LogP contribution is 2.26. The minimum Gasteiger partial charge on any atom is -0.497 e. The first-order valence-electron chi connectivity index (χ1n) is 8.00. The van der Waals surface area contributed by atoms with E-state index in [0.717, 1.165) is 18.4 Å². The second-order valence-electron chi connectivity index (χ2n) is 5.88. The maximum Gasteiger partial charge on any atom is 0.246 e. The average molecular weight is 332 g/mol. The number of ether oxygens (including phenoxy) is 2. The predicted octanol–water partition coefficient (Wildman–Crippen LogP) is 1.83. The van der Waals surface area contributed by atoms with Gasteiger partial charge in [-0.2, -0.15) is 0 Å². The Morgan fingerprint density at radius 2 is 1.96 bits per heavy atom. The molecule has 0 aliphatic carbocycles. The third-order valence-corrected chi connectivity index (χ3v) is 4.26. The van der Waals surface area contributed by atoms with E-state index in [2.05, 4.69) is 0 Å². The lowest BCUT2D eigenvalue weighted by Gasteiger charge is -2.30. The van der Waals surface area contributed by atoms with Crippen LogP contribution in [0.3, 0.4) is 0 Å². The fourth-order valence-corrected chi connectivity index (χ4v) is 2.86. The highest BCUT2D eigenvalue weighted by Gasteiger charge is 2.22. The SMILES string of the molecule is COc1ccc(/C=C/C(=O)N2CCC(CC(N)=O)CC2)c(OC)c1. The van der Waals surface area contributed by atoms with Crippen LogP contribution in [0, 0.1) is 5.92 Å². The van der Waals surface area contributed by atoms with E-state index in [1.165, 1.54) is 0 Å². The van der Waals surface area contributed by atoms with Crippen LogP contribution < -0.4 is 15.2 Å². The molecular weight excluding hydrogens is 308 g/mol. The number of carbonyl (C=O) groups is 2. The average Bonchev–Trinajstić information content (AvgIpc) is 2.59. The van der Waals surface area contributed by atoms with Gasteiger partial charge in [0.25, 0.3) is 0 Å². The van der Waals surface area contributed by atoms with Gasteiger partial charge in [-0.3, -0.25) is 9.59 Å². The van der Waals surface area contributed by atoms with Crippen LogP contribution in [0.4, 0.5) is 0 Å². The van der Waals surface area contributed by atoms with E-state index in [4.69, 9.17) is 15.2 Å². The molecule has 1 aromatic rings. The number of hydrogen-bond acceptors (Lipinski definition) is 4. The Morgan fingerprint density at radius 3 is 2.54 bits per heavy atom. The van der Waals surface area contributed by atoms with Crippen molar-refractivity contribution in [3.8, 4) is 11.5 Å². The highest BCUT2D eigenvalue weighted by atomic mass is 16.5. The van der Waals surface area contributed by atoms with Gasteiger partial charge in [0.2, 0.25) is 11.8 Å². The van der Waals surface area contributed by atoms with Gasteiger partial charge < -0.3 is 20.1 Å². The summed E-state index contributed by atoms with van der Waals surface area (Å²) in [5.41, 5.74) is 6.04. The van der Waals surface area contributed by atoms with Crippen LogP contribution >= 0.6 is 0 Å². The molecule has 130 valence electrons. The summed E-state index contributed by atoms with van der Waals surface area (Å²) in [5, 5.41) is 0. The molecule has 1 aliphatic rings. The Hall–Kier alpha value is -2.50. The van der Waals surface area contributed by atoms with Gasteiger partial charge >= 0.3 is 0 Å². The van der Waals surface area contributed by atoms with Crippen molar-refractivity contribution in [1.29, 1.82) is 0 Å². The van der Waals surface area contributed by atoms with Crippen molar-refractivity contribution >= 4 is 17.9 Å². The zero-order valence-corrected chi connectivity index (χ0v) is 14.2. The number of piperidine rings is 1. The Kier molecular flexibility index (Phi) is 6.23. The molecule has 0 spiro atoms. The molecule has 0 saturated carbocycles. The molecule has 0 unspecified atom stereocenters. The van der Waals surface area contributed by atoms with Gasteiger partial charge in [-0.1, -0.05) is 0 Å². The fourth-order valence-electron chi connectivity index (χ4n) is 2.86. The molecule has 0 bridgehead atoms. The third kappa shape index (κ3) is 4.75. The van der Waals surface area contributed by atoms with E-state index in [9.17, 15) is 9.59 Å². The second-order valence-corrected chi connectivity index (χ2v) is 5.88. The number of nitrogens with zero attached hydrogens (tertiary/aromatic N) is 1. The number of nitrogens with two attached hydrogens (primary N) is 1. The van der Waals surface area contributed by atoms with Gasteiger partial charge in [-0.05, 0) is 37.0 Å². The Balaban J connectivity index is 1.95. The van der Waals surface area contributed by atoms with Gasteiger partial charge in [0.15, 0.2) is 0 Å². The van der Waals surface area contributed by atoms with Crippen LogP contribution in [0.25, 0.3) is 6.08 Å². The van der Waals surface area contributed by atoms with E-state index in [-0.39, 0.29) is 17.7 Å². The van der Waals surface area contributed by atoms with Gasteiger partial charge in [0, 0.05) is 37.2 Å². The van der Waals surface area contributed by atoms with Gasteiger partial charge in [0.05, 0.1) is 14.2 Å². The van der Waals surface area contributed by atoms with Crippen molar-refractivity contribution in [2.75, 3.05) is 27.3 Å². The van der Waals surface area contributed by atoms with Crippen molar-refractivity contribution in [3.05, 3.63) is 29.8 Å². The summed E-state index contributed by atoms with van der Waals surface area (Å²) in [5.74, 6) is 1.33. The smallest absolute Gasteiger partial charge is 0.246 e. The summed E-state index contributed by atoms with van der Waals surface area (Å²) in [6.45, 7) is 1.31. The van der Waals surface area contributed by atoms with E-state index in [0.29, 0.717) is 31.0 Å². The lowest BCUT2D eigenvalue weighted by Crippen LogP contribution is -2.38. The van der Waals surface area contributed by atoms with Gasteiger partial charge in [-0.15, -0.1) is 0 Å². The van der Waals surface area contributed by atoms with Crippen molar-refractivity contribution in [3.63, 3.8) is 0 Å². The number of benzene rings is 1. The molecule has 6 heteroatoms. The second kappa shape index (κ2) is 8.38. The van der Waals surface area contributed by atoms with E-state index < -0.39 is 0 Å². The molecule has 1 aliphatic heterocycles. The maximum atomic E-state index is 12.3. The number of carbonyl (C=O) groups excluding carboxylic acids is 2. The number of likely N-dealkylation sites (tertiary alicyclic amines) is 1. The first-order chi connectivity index (χ1) is 11.5. The molecule has 2 N–H and O–H groups in total. The van der Waals surface area contributed by atoms with Crippen LogP contribution in [0.2, 0.25) is 0 Å². The molecule has 6 nitrogen and oxygen atoms in total. The van der Waals surface area contributed by atoms with Crippen molar-refractivity contribution in [1.82, 2.24) is 4.90 Å². The summed E-state index contributed by atoms with van der Waals surface area (Å²) < 4.78 is 10.5. The summed E-state index contributed by atoms with van der Waals surface area (Å²) >= 11 is 0. The quantitative estimate of drug-likeness (QED) is 0.806. The van der Waals surface area contributed by atoms with Crippen LogP contribution in [0.1, 0.15) is 24.8 Å². The van der Waals surface area contributed by atoms with E-state index in [1.54, 1.807) is 37.3 Å². The first-order valence-corrected chi connectivity index (χ1v) is 8.00. The lowest BCUT2D eigenvalue weighted by atomic mass is 9.93. The van der Waals surface area contributed by atoms with Gasteiger partial charge in [-0.25, -0.2) is 0 Å². The fraction of sp³-hybridized carbons (Fsp3) is 0.444. The minimum atomic E-state index is -0.272. The first kappa shape index (κ1) is 17.8. The number of primary amides is 1. The van der Waals surface area contributed by atoms with Gasteiger partial charge in [0.1, 0.15) is 11.5 Å². The topological polar surface area (TPSA) is 81.9 Å². The Morgan fingerprint density at radius 1 is 1.25 bits per heavy atom. The third-order valence-electron chi connectivity index (χ3n) is 4.26. The standard InChI is InChI=1S/C18H24N2O4/c1-23-15-5-3-14(16(12-15)24-2)4-6-18(22)20-9-7-13(8-10-20)11-17(19)21/h3-6,12-13H,7-11H2,1-2H3,(H2,19,21)/b6-4+. The number of methoxy groups -OCH3 is 2. The molecule has 0 radical (unpaired) electrons. The maximum absolute atomic E-state index is 12.3. The molecule has 0 atom stereocenters. The van der Waals surface area contributed by atoms with Crippen LogP contribution in [0.5, 0.6) is 11.5 Å². The van der Waals surface area contributed by atoms with Crippen molar-refractivity contribution in [2.24, 2.45) is 11.7 Å². The highest BCUT2D eigenvalue weighted by molar-refractivity contribution is 5.92. The molecule has 1 heterocycles. The minimum absolute atomic E-state index is 0.0367. The monoisotopic (exact) mass is 332 g/mol. The molecule has 0 aromatic heterocycles. The molecule has 1 aromatic carbocycles. The molecular formula is C18H24N2O4. The molecule has 24 heavy (non-hydrogen) atoms. The van der Waals surface area contributed by atoms with Crippen LogP contribution in [-0.4, -0.2) is 44.0 Å². The zero-order chi connectivity index (χ0) is 17.5.